The SMILES string of the molecule is O=C1c2ccccc2C2CC(Oc3ccccc3)N1N2c1ccc(Br)cc1. The molecule has 0 aromatic heterocycles. The van der Waals surface area contributed by atoms with Gasteiger partial charge in [-0.3, -0.25) is 9.80 Å². The molecule has 1 fully saturated rings. The van der Waals surface area contributed by atoms with Crippen molar-refractivity contribution in [1.29, 1.82) is 0 Å². The first kappa shape index (κ1) is 16.4. The van der Waals surface area contributed by atoms with E-state index in [1.807, 2.05) is 78.9 Å². The Kier molecular flexibility index (Phi) is 3.90. The second kappa shape index (κ2) is 6.43. The average Bonchev–Trinajstić information content (AvgIpc) is 3.02. The summed E-state index contributed by atoms with van der Waals surface area (Å²) in [6, 6.07) is 25.6. The molecule has 134 valence electrons. The molecule has 0 aliphatic carbocycles. The molecular weight excluding hydrogens is 404 g/mol. The Morgan fingerprint density at radius 3 is 2.33 bits per heavy atom. The highest BCUT2D eigenvalue weighted by molar-refractivity contribution is 9.10. The van der Waals surface area contributed by atoms with Crippen LogP contribution in [0.2, 0.25) is 0 Å². The van der Waals surface area contributed by atoms with Gasteiger partial charge < -0.3 is 4.74 Å². The number of carbonyl (C=O) groups is 1. The molecule has 2 aliphatic rings. The monoisotopic (exact) mass is 420 g/mol. The quantitative estimate of drug-likeness (QED) is 0.585. The molecule has 0 spiro atoms. The molecule has 3 aromatic rings. The number of rotatable bonds is 3. The minimum Gasteiger partial charge on any atom is -0.469 e. The minimum absolute atomic E-state index is 0.0248. The third-order valence-electron chi connectivity index (χ3n) is 5.09. The van der Waals surface area contributed by atoms with Gasteiger partial charge in [-0.25, -0.2) is 5.01 Å². The van der Waals surface area contributed by atoms with Gasteiger partial charge in [0.2, 0.25) is 0 Å². The van der Waals surface area contributed by atoms with Gasteiger partial charge in [0, 0.05) is 16.5 Å². The standard InChI is InChI=1S/C22H17BrN2O2/c23-15-10-12-16(13-11-15)24-20-14-21(27-17-6-2-1-3-7-17)25(24)22(26)19-9-5-4-8-18(19)20/h1-13,20-21H,14H2. The third kappa shape index (κ3) is 2.70. The molecule has 4 nitrogen and oxygen atoms in total. The van der Waals surface area contributed by atoms with E-state index < -0.39 is 0 Å². The number of amides is 1. The summed E-state index contributed by atoms with van der Waals surface area (Å²) in [6.07, 6.45) is 0.370. The first-order chi connectivity index (χ1) is 13.2. The molecule has 1 saturated heterocycles. The predicted octanol–water partition coefficient (Wildman–Crippen LogP) is 5.18. The summed E-state index contributed by atoms with van der Waals surface area (Å²) in [5, 5.41) is 3.84. The van der Waals surface area contributed by atoms with Gasteiger partial charge in [0.15, 0.2) is 6.23 Å². The van der Waals surface area contributed by atoms with Gasteiger partial charge in [0.05, 0.1) is 11.7 Å². The number of para-hydroxylation sites is 1. The molecule has 0 N–H and O–H groups in total. The zero-order chi connectivity index (χ0) is 18.4. The van der Waals surface area contributed by atoms with Gasteiger partial charge >= 0.3 is 0 Å². The second-order valence-corrected chi connectivity index (χ2v) is 7.61. The molecular formula is C22H17BrN2O2. The predicted molar refractivity (Wildman–Crippen MR) is 107 cm³/mol. The molecule has 27 heavy (non-hydrogen) atoms. The topological polar surface area (TPSA) is 32.8 Å². The summed E-state index contributed by atoms with van der Waals surface area (Å²) in [7, 11) is 0. The molecule has 5 heteroatoms. The molecule has 5 rings (SSSR count). The number of anilines is 1. The van der Waals surface area contributed by atoms with Crippen LogP contribution in [0.25, 0.3) is 0 Å². The normalized spacial score (nSPS) is 20.6. The van der Waals surface area contributed by atoms with Gasteiger partial charge in [-0.1, -0.05) is 52.3 Å². The van der Waals surface area contributed by atoms with Crippen LogP contribution in [0.4, 0.5) is 5.69 Å². The number of carbonyl (C=O) groups excluding carboxylic acids is 1. The highest BCUT2D eigenvalue weighted by atomic mass is 79.9. The zero-order valence-electron chi connectivity index (χ0n) is 14.5. The highest BCUT2D eigenvalue weighted by Crippen LogP contribution is 2.46. The summed E-state index contributed by atoms with van der Waals surface area (Å²) in [4.78, 5) is 13.3. The zero-order valence-corrected chi connectivity index (χ0v) is 16.0. The van der Waals surface area contributed by atoms with Crippen LogP contribution >= 0.6 is 15.9 Å². The maximum atomic E-state index is 13.3. The summed E-state index contributed by atoms with van der Waals surface area (Å²) in [5.41, 5.74) is 2.79. The van der Waals surface area contributed by atoms with Crippen molar-refractivity contribution in [2.45, 2.75) is 18.7 Å². The Hall–Kier alpha value is -2.79. The van der Waals surface area contributed by atoms with Crippen LogP contribution in [0.15, 0.2) is 83.3 Å². The van der Waals surface area contributed by atoms with Crippen molar-refractivity contribution >= 4 is 27.5 Å². The Morgan fingerprint density at radius 1 is 0.852 bits per heavy atom. The Morgan fingerprint density at radius 2 is 1.56 bits per heavy atom. The number of nitrogens with zero attached hydrogens (tertiary/aromatic N) is 2. The molecule has 1 amide bonds. The molecule has 0 radical (unpaired) electrons. The maximum Gasteiger partial charge on any atom is 0.276 e. The van der Waals surface area contributed by atoms with Crippen molar-refractivity contribution < 1.29 is 9.53 Å². The van der Waals surface area contributed by atoms with Crippen LogP contribution in [0.3, 0.4) is 0 Å². The van der Waals surface area contributed by atoms with Gasteiger partial charge in [-0.15, -0.1) is 0 Å². The van der Waals surface area contributed by atoms with Crippen LogP contribution in [-0.4, -0.2) is 17.1 Å². The number of ether oxygens (including phenoxy) is 1. The van der Waals surface area contributed by atoms with Gasteiger partial charge in [0.25, 0.3) is 5.91 Å². The second-order valence-electron chi connectivity index (χ2n) is 6.70. The van der Waals surface area contributed by atoms with Gasteiger partial charge in [-0.2, -0.15) is 0 Å². The number of halogens is 1. The number of fused-ring (bicyclic) bond motifs is 4. The minimum atomic E-state index is -0.346. The third-order valence-corrected chi connectivity index (χ3v) is 5.62. The van der Waals surface area contributed by atoms with Crippen molar-refractivity contribution in [3.05, 3.63) is 94.5 Å². The Balaban J connectivity index is 1.59. The smallest absolute Gasteiger partial charge is 0.276 e. The molecule has 2 heterocycles. The van der Waals surface area contributed by atoms with E-state index >= 15 is 0 Å². The van der Waals surface area contributed by atoms with Crippen molar-refractivity contribution in [2.24, 2.45) is 0 Å². The summed E-state index contributed by atoms with van der Waals surface area (Å²) in [5.74, 6) is 0.742. The fraction of sp³-hybridized carbons (Fsp3) is 0.136. The first-order valence-electron chi connectivity index (χ1n) is 8.91. The number of hydrogen-bond donors (Lipinski definition) is 0. The lowest BCUT2D eigenvalue weighted by Gasteiger charge is -2.40. The van der Waals surface area contributed by atoms with Crippen molar-refractivity contribution in [3.8, 4) is 5.75 Å². The molecule has 2 atom stereocenters. The van der Waals surface area contributed by atoms with E-state index in [1.165, 1.54) is 0 Å². The molecule has 3 aromatic carbocycles. The van der Waals surface area contributed by atoms with Gasteiger partial charge in [0.1, 0.15) is 5.75 Å². The first-order valence-corrected chi connectivity index (χ1v) is 9.70. The molecule has 2 bridgehead atoms. The average molecular weight is 421 g/mol. The fourth-order valence-corrected chi connectivity index (χ4v) is 4.19. The van der Waals surface area contributed by atoms with E-state index in [2.05, 4.69) is 20.9 Å². The fourth-order valence-electron chi connectivity index (χ4n) is 3.93. The van der Waals surface area contributed by atoms with E-state index in [9.17, 15) is 4.79 Å². The van der Waals surface area contributed by atoms with E-state index in [4.69, 9.17) is 4.74 Å². The van der Waals surface area contributed by atoms with Crippen LogP contribution in [0.1, 0.15) is 28.4 Å². The van der Waals surface area contributed by atoms with Crippen LogP contribution < -0.4 is 9.75 Å². The lowest BCUT2D eigenvalue weighted by molar-refractivity contribution is 0.0355. The van der Waals surface area contributed by atoms with Crippen molar-refractivity contribution in [1.82, 2.24) is 5.01 Å². The molecule has 2 unspecified atom stereocenters. The maximum absolute atomic E-state index is 13.3. The van der Waals surface area contributed by atoms with E-state index in [0.717, 1.165) is 27.0 Å². The summed E-state index contributed by atoms with van der Waals surface area (Å²) in [6.45, 7) is 0. The summed E-state index contributed by atoms with van der Waals surface area (Å²) < 4.78 is 7.23. The number of hydrazine groups is 1. The number of hydrogen-bond acceptors (Lipinski definition) is 3. The van der Waals surface area contributed by atoms with Crippen molar-refractivity contribution in [3.63, 3.8) is 0 Å². The van der Waals surface area contributed by atoms with E-state index in [1.54, 1.807) is 5.01 Å². The van der Waals surface area contributed by atoms with E-state index in [0.29, 0.717) is 6.42 Å². The van der Waals surface area contributed by atoms with Crippen LogP contribution in [0.5, 0.6) is 5.75 Å². The van der Waals surface area contributed by atoms with Crippen LogP contribution in [-0.2, 0) is 0 Å². The summed E-state index contributed by atoms with van der Waals surface area (Å²) >= 11 is 3.49. The Bertz CT molecular complexity index is 991. The Labute approximate surface area is 166 Å². The lowest BCUT2D eigenvalue weighted by Crippen LogP contribution is -2.50. The largest absolute Gasteiger partial charge is 0.469 e. The van der Waals surface area contributed by atoms with Crippen molar-refractivity contribution in [2.75, 3.05) is 5.01 Å². The lowest BCUT2D eigenvalue weighted by atomic mass is 9.97. The molecule has 0 saturated carbocycles. The van der Waals surface area contributed by atoms with Crippen LogP contribution in [0, 0.1) is 0 Å². The molecule has 2 aliphatic heterocycles. The van der Waals surface area contributed by atoms with E-state index in [-0.39, 0.29) is 18.2 Å². The highest BCUT2D eigenvalue weighted by Gasteiger charge is 2.50. The van der Waals surface area contributed by atoms with Gasteiger partial charge in [-0.05, 0) is 48.0 Å². The number of benzene rings is 3.